The van der Waals surface area contributed by atoms with Crippen LogP contribution < -0.4 is 9.64 Å². The van der Waals surface area contributed by atoms with Crippen molar-refractivity contribution in [2.75, 3.05) is 37.7 Å². The highest BCUT2D eigenvalue weighted by molar-refractivity contribution is 6.30. The highest BCUT2D eigenvalue weighted by atomic mass is 35.5. The average molecular weight is 465 g/mol. The average Bonchev–Trinajstić information content (AvgIpc) is 2.85. The summed E-state index contributed by atoms with van der Waals surface area (Å²) in [5.41, 5.74) is 3.75. The predicted octanol–water partition coefficient (Wildman–Crippen LogP) is 5.42. The number of nitrogens with zero attached hydrogens (tertiary/aromatic N) is 2. The summed E-state index contributed by atoms with van der Waals surface area (Å²) in [6.07, 6.45) is 0. The Balaban J connectivity index is 1.40. The second kappa shape index (κ2) is 11.2. The van der Waals surface area contributed by atoms with E-state index < -0.39 is 0 Å². The summed E-state index contributed by atoms with van der Waals surface area (Å²) in [5, 5.41) is 0.724. The molecule has 1 aliphatic rings. The van der Waals surface area contributed by atoms with E-state index >= 15 is 0 Å². The molecule has 1 amide bonds. The summed E-state index contributed by atoms with van der Waals surface area (Å²) >= 11 is 6.13. The Bertz CT molecular complexity index is 1070. The second-order valence-corrected chi connectivity index (χ2v) is 8.43. The van der Waals surface area contributed by atoms with Gasteiger partial charge in [-0.2, -0.15) is 0 Å². The molecular weight excluding hydrogens is 436 g/mol. The number of anilines is 1. The molecule has 4 rings (SSSR count). The SMILES string of the molecule is CCOc1ccc(C(=O)N2CCN(c3cccc(Cl)c3)CC2)cc1COCc1ccccc1. The van der Waals surface area contributed by atoms with Crippen LogP contribution in [0.15, 0.2) is 72.8 Å². The number of rotatable bonds is 8. The molecule has 3 aromatic rings. The Morgan fingerprint density at radius 1 is 0.909 bits per heavy atom. The minimum Gasteiger partial charge on any atom is -0.494 e. The zero-order chi connectivity index (χ0) is 23.0. The molecule has 0 bridgehead atoms. The molecule has 6 heteroatoms. The van der Waals surface area contributed by atoms with Crippen molar-refractivity contribution in [1.82, 2.24) is 4.90 Å². The van der Waals surface area contributed by atoms with Crippen molar-refractivity contribution >= 4 is 23.2 Å². The molecule has 0 aromatic heterocycles. The third-order valence-corrected chi connectivity index (χ3v) is 5.95. The molecule has 0 saturated carbocycles. The molecule has 33 heavy (non-hydrogen) atoms. The van der Waals surface area contributed by atoms with Crippen LogP contribution in [0.25, 0.3) is 0 Å². The molecule has 1 aliphatic heterocycles. The normalized spacial score (nSPS) is 13.8. The molecule has 1 heterocycles. The van der Waals surface area contributed by atoms with Crippen LogP contribution in [-0.2, 0) is 18.0 Å². The van der Waals surface area contributed by atoms with Gasteiger partial charge in [0.2, 0.25) is 0 Å². The maximum absolute atomic E-state index is 13.2. The molecule has 0 N–H and O–H groups in total. The molecule has 1 fully saturated rings. The van der Waals surface area contributed by atoms with Crippen LogP contribution in [0.1, 0.15) is 28.4 Å². The minimum atomic E-state index is 0.0353. The summed E-state index contributed by atoms with van der Waals surface area (Å²) in [6, 6.07) is 23.5. The molecule has 0 unspecified atom stereocenters. The highest BCUT2D eigenvalue weighted by Gasteiger charge is 2.23. The van der Waals surface area contributed by atoms with Crippen molar-refractivity contribution in [2.45, 2.75) is 20.1 Å². The highest BCUT2D eigenvalue weighted by Crippen LogP contribution is 2.24. The maximum atomic E-state index is 13.2. The summed E-state index contributed by atoms with van der Waals surface area (Å²) in [6.45, 7) is 6.28. The minimum absolute atomic E-state index is 0.0353. The number of halogens is 1. The van der Waals surface area contributed by atoms with E-state index in [1.54, 1.807) is 0 Å². The standard InChI is InChI=1S/C27H29ClN2O3/c1-2-33-26-12-11-22(17-23(26)20-32-19-21-7-4-3-5-8-21)27(31)30-15-13-29(14-16-30)25-10-6-9-24(28)18-25/h3-12,17-18H,2,13-16,19-20H2,1H3. The van der Waals surface area contributed by atoms with Crippen LogP contribution >= 0.6 is 11.6 Å². The number of hydrogen-bond donors (Lipinski definition) is 0. The van der Waals surface area contributed by atoms with E-state index in [0.717, 1.165) is 40.7 Å². The van der Waals surface area contributed by atoms with Crippen molar-refractivity contribution in [3.63, 3.8) is 0 Å². The molecule has 0 spiro atoms. The van der Waals surface area contributed by atoms with Crippen LogP contribution in [0.4, 0.5) is 5.69 Å². The third kappa shape index (κ3) is 6.06. The van der Waals surface area contributed by atoms with Gasteiger partial charge < -0.3 is 19.3 Å². The number of hydrogen-bond acceptors (Lipinski definition) is 4. The van der Waals surface area contributed by atoms with Gasteiger partial charge in [-0.3, -0.25) is 4.79 Å². The van der Waals surface area contributed by atoms with Crippen molar-refractivity contribution < 1.29 is 14.3 Å². The lowest BCUT2D eigenvalue weighted by molar-refractivity contribution is 0.0745. The number of carbonyl (C=O) groups excluding carboxylic acids is 1. The smallest absolute Gasteiger partial charge is 0.253 e. The Labute approximate surface area is 200 Å². The van der Waals surface area contributed by atoms with Gasteiger partial charge in [0, 0.05) is 48.0 Å². The molecule has 1 saturated heterocycles. The zero-order valence-corrected chi connectivity index (χ0v) is 19.6. The van der Waals surface area contributed by atoms with Crippen LogP contribution in [0.3, 0.4) is 0 Å². The van der Waals surface area contributed by atoms with Crippen LogP contribution in [0.5, 0.6) is 5.75 Å². The van der Waals surface area contributed by atoms with Crippen molar-refractivity contribution in [3.8, 4) is 5.75 Å². The van der Waals surface area contributed by atoms with E-state index in [9.17, 15) is 4.79 Å². The van der Waals surface area contributed by atoms with Crippen molar-refractivity contribution in [3.05, 3.63) is 94.5 Å². The van der Waals surface area contributed by atoms with E-state index in [0.29, 0.717) is 38.5 Å². The Morgan fingerprint density at radius 2 is 1.70 bits per heavy atom. The molecule has 172 valence electrons. The number of carbonyl (C=O) groups is 1. The number of piperazine rings is 1. The molecule has 3 aromatic carbocycles. The largest absolute Gasteiger partial charge is 0.494 e. The van der Waals surface area contributed by atoms with E-state index in [4.69, 9.17) is 21.1 Å². The Morgan fingerprint density at radius 3 is 2.42 bits per heavy atom. The van der Waals surface area contributed by atoms with Gasteiger partial charge in [-0.15, -0.1) is 0 Å². The first-order valence-corrected chi connectivity index (χ1v) is 11.7. The summed E-state index contributed by atoms with van der Waals surface area (Å²) in [4.78, 5) is 17.4. The summed E-state index contributed by atoms with van der Waals surface area (Å²) in [5.74, 6) is 0.793. The van der Waals surface area contributed by atoms with Gasteiger partial charge in [-0.1, -0.05) is 48.0 Å². The fourth-order valence-electron chi connectivity index (χ4n) is 4.00. The topological polar surface area (TPSA) is 42.0 Å². The number of ether oxygens (including phenoxy) is 2. The number of benzene rings is 3. The molecule has 0 radical (unpaired) electrons. The van der Waals surface area contributed by atoms with Gasteiger partial charge >= 0.3 is 0 Å². The van der Waals surface area contributed by atoms with Crippen LogP contribution in [0, 0.1) is 0 Å². The van der Waals surface area contributed by atoms with Gasteiger partial charge in [0.1, 0.15) is 5.75 Å². The van der Waals surface area contributed by atoms with Crippen LogP contribution in [0.2, 0.25) is 5.02 Å². The molecule has 5 nitrogen and oxygen atoms in total. The fraction of sp³-hybridized carbons (Fsp3) is 0.296. The predicted molar refractivity (Wildman–Crippen MR) is 132 cm³/mol. The quantitative estimate of drug-likeness (QED) is 0.446. The monoisotopic (exact) mass is 464 g/mol. The summed E-state index contributed by atoms with van der Waals surface area (Å²) < 4.78 is 11.7. The van der Waals surface area contributed by atoms with Crippen molar-refractivity contribution in [1.29, 1.82) is 0 Å². The lowest BCUT2D eigenvalue weighted by Crippen LogP contribution is -2.48. The second-order valence-electron chi connectivity index (χ2n) is 7.99. The van der Waals surface area contributed by atoms with Gasteiger partial charge in [0.15, 0.2) is 0 Å². The van der Waals surface area contributed by atoms with E-state index in [-0.39, 0.29) is 5.91 Å². The van der Waals surface area contributed by atoms with Gasteiger partial charge in [-0.05, 0) is 48.9 Å². The number of amides is 1. The molecule has 0 aliphatic carbocycles. The lowest BCUT2D eigenvalue weighted by atomic mass is 10.1. The fourth-order valence-corrected chi connectivity index (χ4v) is 4.18. The maximum Gasteiger partial charge on any atom is 0.253 e. The van der Waals surface area contributed by atoms with Gasteiger partial charge in [-0.25, -0.2) is 0 Å². The van der Waals surface area contributed by atoms with Crippen LogP contribution in [-0.4, -0.2) is 43.6 Å². The Kier molecular flexibility index (Phi) is 7.87. The van der Waals surface area contributed by atoms with E-state index in [1.807, 2.05) is 78.6 Å². The summed E-state index contributed by atoms with van der Waals surface area (Å²) in [7, 11) is 0. The first-order chi connectivity index (χ1) is 16.1. The third-order valence-electron chi connectivity index (χ3n) is 5.72. The molecular formula is C27H29ClN2O3. The van der Waals surface area contributed by atoms with Gasteiger partial charge in [0.05, 0.1) is 19.8 Å². The van der Waals surface area contributed by atoms with Crippen molar-refractivity contribution in [2.24, 2.45) is 0 Å². The van der Waals surface area contributed by atoms with E-state index in [2.05, 4.69) is 11.0 Å². The first kappa shape index (κ1) is 23.1. The zero-order valence-electron chi connectivity index (χ0n) is 18.9. The Hall–Kier alpha value is -3.02. The first-order valence-electron chi connectivity index (χ1n) is 11.3. The lowest BCUT2D eigenvalue weighted by Gasteiger charge is -2.36. The van der Waals surface area contributed by atoms with E-state index in [1.165, 1.54) is 0 Å². The van der Waals surface area contributed by atoms with Gasteiger partial charge in [0.25, 0.3) is 5.91 Å². The molecule has 0 atom stereocenters.